The molecule has 0 aromatic heterocycles. The van der Waals surface area contributed by atoms with Crippen LogP contribution in [0.1, 0.15) is 46.5 Å². The maximum atomic E-state index is 11.3. The van der Waals surface area contributed by atoms with E-state index < -0.39 is 12.0 Å². The van der Waals surface area contributed by atoms with E-state index in [4.69, 9.17) is 4.74 Å². The van der Waals surface area contributed by atoms with Crippen molar-refractivity contribution in [2.75, 3.05) is 6.61 Å². The summed E-state index contributed by atoms with van der Waals surface area (Å²) in [5.74, 6) is -0.717. The van der Waals surface area contributed by atoms with Crippen molar-refractivity contribution in [2.24, 2.45) is 5.92 Å². The third kappa shape index (κ3) is 6.62. The van der Waals surface area contributed by atoms with Crippen molar-refractivity contribution in [2.45, 2.75) is 52.6 Å². The molecule has 0 aromatic rings. The van der Waals surface area contributed by atoms with Crippen LogP contribution in [-0.4, -0.2) is 23.8 Å². The van der Waals surface area contributed by atoms with Crippen LogP contribution in [0, 0.1) is 5.92 Å². The molecule has 0 amide bonds. The van der Waals surface area contributed by atoms with Gasteiger partial charge in [-0.25, -0.2) is 0 Å². The Morgan fingerprint density at radius 3 is 2.69 bits per heavy atom. The minimum absolute atomic E-state index is 0.302. The third-order valence-electron chi connectivity index (χ3n) is 2.59. The van der Waals surface area contributed by atoms with Gasteiger partial charge >= 0.3 is 5.97 Å². The minimum atomic E-state index is -0.579. The summed E-state index contributed by atoms with van der Waals surface area (Å²) in [6, 6.07) is 0. The highest BCUT2D eigenvalue weighted by molar-refractivity contribution is 5.72. The van der Waals surface area contributed by atoms with Crippen LogP contribution in [0.15, 0.2) is 12.2 Å². The first-order chi connectivity index (χ1) is 7.63. The van der Waals surface area contributed by atoms with E-state index in [9.17, 15) is 9.90 Å². The van der Waals surface area contributed by atoms with Crippen molar-refractivity contribution in [3.05, 3.63) is 12.2 Å². The summed E-state index contributed by atoms with van der Waals surface area (Å²) >= 11 is 0. The number of aliphatic hydroxyl groups is 1. The van der Waals surface area contributed by atoms with E-state index in [0.29, 0.717) is 13.0 Å². The second-order valence-corrected chi connectivity index (χ2v) is 3.96. The zero-order valence-corrected chi connectivity index (χ0v) is 10.6. The second kappa shape index (κ2) is 9.40. The molecule has 0 fully saturated rings. The first kappa shape index (κ1) is 15.2. The molecule has 94 valence electrons. The second-order valence-electron chi connectivity index (χ2n) is 3.96. The number of ether oxygens (including phenoxy) is 1. The number of aliphatic hydroxyl groups excluding tert-OH is 1. The number of rotatable bonds is 8. The van der Waals surface area contributed by atoms with E-state index >= 15 is 0 Å². The van der Waals surface area contributed by atoms with Crippen molar-refractivity contribution in [3.63, 3.8) is 0 Å². The Morgan fingerprint density at radius 1 is 1.44 bits per heavy atom. The van der Waals surface area contributed by atoms with Gasteiger partial charge in [0.1, 0.15) is 0 Å². The highest BCUT2D eigenvalue weighted by atomic mass is 16.5. The van der Waals surface area contributed by atoms with Crippen molar-refractivity contribution in [3.8, 4) is 0 Å². The molecule has 0 aliphatic carbocycles. The number of carbonyl (C=O) groups excluding carboxylic acids is 1. The van der Waals surface area contributed by atoms with E-state index in [1.807, 2.05) is 13.0 Å². The summed E-state index contributed by atoms with van der Waals surface area (Å²) in [5, 5.41) is 9.75. The zero-order chi connectivity index (χ0) is 12.4. The van der Waals surface area contributed by atoms with E-state index in [2.05, 4.69) is 6.08 Å². The van der Waals surface area contributed by atoms with Gasteiger partial charge in [-0.1, -0.05) is 18.6 Å². The first-order valence-electron chi connectivity index (χ1n) is 6.09. The van der Waals surface area contributed by atoms with Crippen LogP contribution >= 0.6 is 0 Å². The van der Waals surface area contributed by atoms with E-state index in [-0.39, 0.29) is 5.97 Å². The average molecular weight is 228 g/mol. The summed E-state index contributed by atoms with van der Waals surface area (Å²) < 4.78 is 4.86. The lowest BCUT2D eigenvalue weighted by molar-refractivity contribution is -0.151. The Kier molecular flexibility index (Phi) is 8.91. The average Bonchev–Trinajstić information content (AvgIpc) is 2.27. The van der Waals surface area contributed by atoms with Crippen molar-refractivity contribution >= 4 is 5.97 Å². The SMILES string of the molecule is C/C=C/CCCCC(O)C(C)C(=O)OCC. The zero-order valence-electron chi connectivity index (χ0n) is 10.6. The quantitative estimate of drug-likeness (QED) is 0.395. The molecule has 0 saturated heterocycles. The lowest BCUT2D eigenvalue weighted by atomic mass is 9.99. The van der Waals surface area contributed by atoms with Crippen LogP contribution < -0.4 is 0 Å². The highest BCUT2D eigenvalue weighted by Gasteiger charge is 2.22. The summed E-state index contributed by atoms with van der Waals surface area (Å²) in [6.07, 6.45) is 7.25. The molecule has 0 spiro atoms. The van der Waals surface area contributed by atoms with Gasteiger partial charge in [0.25, 0.3) is 0 Å². The molecule has 1 N–H and O–H groups in total. The predicted molar refractivity (Wildman–Crippen MR) is 65.1 cm³/mol. The largest absolute Gasteiger partial charge is 0.466 e. The topological polar surface area (TPSA) is 46.5 Å². The van der Waals surface area contributed by atoms with Crippen LogP contribution in [0.4, 0.5) is 0 Å². The number of allylic oxidation sites excluding steroid dienone is 2. The summed E-state index contributed by atoms with van der Waals surface area (Å²) in [7, 11) is 0. The molecule has 0 aliphatic rings. The van der Waals surface area contributed by atoms with E-state index in [1.165, 1.54) is 0 Å². The molecule has 0 bridgehead atoms. The van der Waals surface area contributed by atoms with Crippen molar-refractivity contribution in [1.82, 2.24) is 0 Å². The number of hydrogen-bond acceptors (Lipinski definition) is 3. The third-order valence-corrected chi connectivity index (χ3v) is 2.59. The maximum Gasteiger partial charge on any atom is 0.311 e. The molecule has 0 radical (unpaired) electrons. The lowest BCUT2D eigenvalue weighted by Crippen LogP contribution is -2.27. The van der Waals surface area contributed by atoms with Gasteiger partial charge in [-0.3, -0.25) is 4.79 Å². The molecule has 0 heterocycles. The molecule has 2 atom stereocenters. The number of esters is 1. The summed E-state index contributed by atoms with van der Waals surface area (Å²) in [4.78, 5) is 11.3. The number of unbranched alkanes of at least 4 members (excludes halogenated alkanes) is 2. The lowest BCUT2D eigenvalue weighted by Gasteiger charge is -2.16. The van der Waals surface area contributed by atoms with Gasteiger partial charge in [0, 0.05) is 0 Å². The number of carbonyl (C=O) groups is 1. The van der Waals surface area contributed by atoms with Gasteiger partial charge < -0.3 is 9.84 Å². The Bertz CT molecular complexity index is 211. The fourth-order valence-electron chi connectivity index (χ4n) is 1.46. The van der Waals surface area contributed by atoms with Gasteiger partial charge in [-0.2, -0.15) is 0 Å². The van der Waals surface area contributed by atoms with Crippen LogP contribution in [0.25, 0.3) is 0 Å². The molecular weight excluding hydrogens is 204 g/mol. The normalized spacial score (nSPS) is 15.0. The fraction of sp³-hybridized carbons (Fsp3) is 0.769. The maximum absolute atomic E-state index is 11.3. The van der Waals surface area contributed by atoms with Crippen molar-refractivity contribution < 1.29 is 14.6 Å². The van der Waals surface area contributed by atoms with Gasteiger partial charge in [0.05, 0.1) is 18.6 Å². The molecule has 2 unspecified atom stereocenters. The minimum Gasteiger partial charge on any atom is -0.466 e. The monoisotopic (exact) mass is 228 g/mol. The molecule has 0 aromatic carbocycles. The van der Waals surface area contributed by atoms with Crippen molar-refractivity contribution in [1.29, 1.82) is 0 Å². The molecule has 3 heteroatoms. The standard InChI is InChI=1S/C13H24O3/c1-4-6-7-8-9-10-12(14)11(3)13(15)16-5-2/h4,6,11-12,14H,5,7-10H2,1-3H3/b6-4+. The van der Waals surface area contributed by atoms with Crippen LogP contribution in [-0.2, 0) is 9.53 Å². The highest BCUT2D eigenvalue weighted by Crippen LogP contribution is 2.13. The predicted octanol–water partition coefficient (Wildman–Crippen LogP) is 2.68. The smallest absolute Gasteiger partial charge is 0.311 e. The van der Waals surface area contributed by atoms with Gasteiger partial charge in [-0.05, 0) is 40.0 Å². The fourth-order valence-corrected chi connectivity index (χ4v) is 1.46. The Morgan fingerprint density at radius 2 is 2.12 bits per heavy atom. The van der Waals surface area contributed by atoms with Gasteiger partial charge in [0.2, 0.25) is 0 Å². The Hall–Kier alpha value is -0.830. The van der Waals surface area contributed by atoms with E-state index in [0.717, 1.165) is 19.3 Å². The Balaban J connectivity index is 3.70. The van der Waals surface area contributed by atoms with Gasteiger partial charge in [-0.15, -0.1) is 0 Å². The van der Waals surface area contributed by atoms with Crippen LogP contribution in [0.5, 0.6) is 0 Å². The summed E-state index contributed by atoms with van der Waals surface area (Å²) in [6.45, 7) is 5.86. The first-order valence-corrected chi connectivity index (χ1v) is 6.09. The van der Waals surface area contributed by atoms with Gasteiger partial charge in [0.15, 0.2) is 0 Å². The van der Waals surface area contributed by atoms with E-state index in [1.54, 1.807) is 13.8 Å². The molecular formula is C13H24O3. The molecule has 3 nitrogen and oxygen atoms in total. The van der Waals surface area contributed by atoms with Crippen LogP contribution in [0.2, 0.25) is 0 Å². The molecule has 0 saturated carbocycles. The molecule has 0 aliphatic heterocycles. The molecule has 16 heavy (non-hydrogen) atoms. The Labute approximate surface area is 98.5 Å². The van der Waals surface area contributed by atoms with Crippen LogP contribution in [0.3, 0.4) is 0 Å². The molecule has 0 rings (SSSR count). The summed E-state index contributed by atoms with van der Waals surface area (Å²) in [5.41, 5.74) is 0. The number of hydrogen-bond donors (Lipinski definition) is 1.